The Hall–Kier alpha value is -1.91. The van der Waals surface area contributed by atoms with Gasteiger partial charge in [0, 0.05) is 17.8 Å². The van der Waals surface area contributed by atoms with Crippen LogP contribution in [0, 0.1) is 0 Å². The Kier molecular flexibility index (Phi) is 4.37. The van der Waals surface area contributed by atoms with Crippen LogP contribution in [0.4, 0.5) is 0 Å². The van der Waals surface area contributed by atoms with Crippen molar-refractivity contribution in [2.75, 3.05) is 7.11 Å². The molecule has 0 aliphatic rings. The van der Waals surface area contributed by atoms with E-state index in [9.17, 15) is 4.79 Å². The van der Waals surface area contributed by atoms with Gasteiger partial charge in [0.15, 0.2) is 0 Å². The Morgan fingerprint density at radius 2 is 2.05 bits per heavy atom. The second-order valence-corrected chi connectivity index (χ2v) is 4.74. The quantitative estimate of drug-likeness (QED) is 0.527. The molecule has 0 unspecified atom stereocenters. The van der Waals surface area contributed by atoms with Crippen molar-refractivity contribution in [1.29, 1.82) is 0 Å². The number of hydrogen-bond donors (Lipinski definition) is 1. The first-order valence-corrected chi connectivity index (χ1v) is 6.40. The van der Waals surface area contributed by atoms with Gasteiger partial charge < -0.3 is 14.4 Å². The molecule has 20 heavy (non-hydrogen) atoms. The predicted octanol–water partition coefficient (Wildman–Crippen LogP) is 4.03. The summed E-state index contributed by atoms with van der Waals surface area (Å²) in [4.78, 5) is 10.8. The molecule has 2 aromatic rings. The summed E-state index contributed by atoms with van der Waals surface area (Å²) in [5.41, 5.74) is 0.873. The minimum Gasteiger partial charge on any atom is -0.490 e. The summed E-state index contributed by atoms with van der Waals surface area (Å²) in [6.45, 7) is 0. The molecule has 0 bridgehead atoms. The number of ether oxygens (including phenoxy) is 1. The second kappa shape index (κ2) is 6.03. The first kappa shape index (κ1) is 14.5. The van der Waals surface area contributed by atoms with Gasteiger partial charge in [0.25, 0.3) is 0 Å². The molecule has 0 aliphatic carbocycles. The van der Waals surface area contributed by atoms with Crippen LogP contribution in [0.15, 0.2) is 42.3 Å². The third-order valence-corrected chi connectivity index (χ3v) is 3.41. The summed E-state index contributed by atoms with van der Waals surface area (Å²) < 4.78 is 6.52. The first-order valence-electron chi connectivity index (χ1n) is 5.64. The zero-order chi connectivity index (χ0) is 14.7. The van der Waals surface area contributed by atoms with E-state index in [1.54, 1.807) is 24.4 Å². The van der Waals surface area contributed by atoms with Crippen LogP contribution in [0.3, 0.4) is 0 Å². The number of carboxylic acids is 1. The molecule has 0 saturated carbocycles. The van der Waals surface area contributed by atoms with Gasteiger partial charge in [-0.15, -0.1) is 0 Å². The number of methoxy groups -OCH3 is 1. The van der Waals surface area contributed by atoms with E-state index in [2.05, 4.69) is 0 Å². The third-order valence-electron chi connectivity index (χ3n) is 2.69. The lowest BCUT2D eigenvalue weighted by molar-refractivity contribution is -0.136. The maximum absolute atomic E-state index is 10.8. The summed E-state index contributed by atoms with van der Waals surface area (Å²) in [6, 6.07) is 5.42. The van der Waals surface area contributed by atoms with Crippen LogP contribution in [-0.4, -0.2) is 22.8 Å². The average molecular weight is 312 g/mol. The van der Waals surface area contributed by atoms with Gasteiger partial charge in [-0.3, -0.25) is 0 Å². The smallest absolute Gasteiger partial charge is 0.371 e. The standard InChI is InChI=1S/C14H11Cl2NO3/c1-20-13(14(18)19)3-2-5-17-6-4-9-7-10(15)11(16)8-12(9)17/h2-8H,1H3,(H,18,19). The monoisotopic (exact) mass is 311 g/mol. The molecule has 0 radical (unpaired) electrons. The van der Waals surface area contributed by atoms with Crippen molar-refractivity contribution in [2.24, 2.45) is 0 Å². The second-order valence-electron chi connectivity index (χ2n) is 3.93. The van der Waals surface area contributed by atoms with E-state index >= 15 is 0 Å². The fourth-order valence-electron chi connectivity index (χ4n) is 1.73. The SMILES string of the molecule is COC(=CC=Cn1ccc2cc(Cl)c(Cl)cc21)C(=O)O. The van der Waals surface area contributed by atoms with E-state index < -0.39 is 5.97 Å². The maximum Gasteiger partial charge on any atom is 0.371 e. The van der Waals surface area contributed by atoms with Crippen molar-refractivity contribution >= 4 is 46.3 Å². The number of halogens is 2. The number of benzene rings is 1. The summed E-state index contributed by atoms with van der Waals surface area (Å²) >= 11 is 11.9. The van der Waals surface area contributed by atoms with Gasteiger partial charge in [-0.25, -0.2) is 4.79 Å². The van der Waals surface area contributed by atoms with E-state index in [0.29, 0.717) is 10.0 Å². The predicted molar refractivity (Wildman–Crippen MR) is 80.0 cm³/mol. The molecule has 1 aromatic carbocycles. The fraction of sp³-hybridized carbons (Fsp3) is 0.0714. The minimum atomic E-state index is -1.12. The zero-order valence-electron chi connectivity index (χ0n) is 10.5. The third kappa shape index (κ3) is 2.98. The van der Waals surface area contributed by atoms with Crippen molar-refractivity contribution in [3.63, 3.8) is 0 Å². The molecule has 0 spiro atoms. The van der Waals surface area contributed by atoms with Crippen LogP contribution in [0.1, 0.15) is 0 Å². The van der Waals surface area contributed by atoms with Gasteiger partial charge in [0.1, 0.15) is 0 Å². The van der Waals surface area contributed by atoms with Crippen molar-refractivity contribution < 1.29 is 14.6 Å². The van der Waals surface area contributed by atoms with Crippen LogP contribution in [0.25, 0.3) is 17.1 Å². The van der Waals surface area contributed by atoms with Crippen molar-refractivity contribution in [2.45, 2.75) is 0 Å². The number of hydrogen-bond acceptors (Lipinski definition) is 2. The molecule has 1 N–H and O–H groups in total. The summed E-state index contributed by atoms with van der Waals surface area (Å²) in [5.74, 6) is -1.26. The molecule has 0 fully saturated rings. The summed E-state index contributed by atoms with van der Waals surface area (Å²) in [7, 11) is 1.31. The van der Waals surface area contributed by atoms with Crippen LogP contribution >= 0.6 is 23.2 Å². The van der Waals surface area contributed by atoms with E-state index in [0.717, 1.165) is 10.9 Å². The van der Waals surface area contributed by atoms with Gasteiger partial charge in [0.2, 0.25) is 5.76 Å². The molecular formula is C14H11Cl2NO3. The van der Waals surface area contributed by atoms with Crippen LogP contribution in [0.5, 0.6) is 0 Å². The highest BCUT2D eigenvalue weighted by molar-refractivity contribution is 6.42. The number of aromatic nitrogens is 1. The molecule has 0 atom stereocenters. The molecule has 0 saturated heterocycles. The number of rotatable bonds is 4. The number of allylic oxidation sites excluding steroid dienone is 2. The first-order chi connectivity index (χ1) is 9.52. The van der Waals surface area contributed by atoms with E-state index in [1.165, 1.54) is 13.2 Å². The van der Waals surface area contributed by atoms with Gasteiger partial charge in [-0.2, -0.15) is 0 Å². The maximum atomic E-state index is 10.8. The number of carbonyl (C=O) groups is 1. The average Bonchev–Trinajstić information content (AvgIpc) is 2.77. The molecule has 1 aromatic heterocycles. The largest absolute Gasteiger partial charge is 0.490 e. The zero-order valence-corrected chi connectivity index (χ0v) is 12.0. The fourth-order valence-corrected chi connectivity index (χ4v) is 2.06. The Morgan fingerprint density at radius 3 is 2.70 bits per heavy atom. The van der Waals surface area contributed by atoms with Crippen LogP contribution < -0.4 is 0 Å². The van der Waals surface area contributed by atoms with Crippen molar-refractivity contribution in [3.8, 4) is 0 Å². The normalized spacial score (nSPS) is 12.2. The molecule has 0 amide bonds. The van der Waals surface area contributed by atoms with Gasteiger partial charge in [-0.1, -0.05) is 23.2 Å². The lowest BCUT2D eigenvalue weighted by atomic mass is 10.2. The Morgan fingerprint density at radius 1 is 1.35 bits per heavy atom. The Labute approximate surface area is 125 Å². The van der Waals surface area contributed by atoms with Crippen LogP contribution in [-0.2, 0) is 9.53 Å². The van der Waals surface area contributed by atoms with E-state index in [1.807, 2.05) is 16.8 Å². The number of fused-ring (bicyclic) bond motifs is 1. The molecule has 6 heteroatoms. The lowest BCUT2D eigenvalue weighted by Crippen LogP contribution is -2.01. The highest BCUT2D eigenvalue weighted by Gasteiger charge is 2.05. The molecule has 4 nitrogen and oxygen atoms in total. The van der Waals surface area contributed by atoms with E-state index in [-0.39, 0.29) is 5.76 Å². The number of aliphatic carboxylic acids is 1. The number of carboxylic acid groups (broad SMARTS) is 1. The van der Waals surface area contributed by atoms with E-state index in [4.69, 9.17) is 33.0 Å². The molecule has 1 heterocycles. The molecule has 0 aliphatic heterocycles. The van der Waals surface area contributed by atoms with Crippen molar-refractivity contribution in [3.05, 3.63) is 52.4 Å². The Balaban J connectivity index is 2.35. The van der Waals surface area contributed by atoms with Gasteiger partial charge in [0.05, 0.1) is 22.7 Å². The molecule has 104 valence electrons. The minimum absolute atomic E-state index is 0.140. The van der Waals surface area contributed by atoms with Gasteiger partial charge in [-0.05, 0) is 30.4 Å². The highest BCUT2D eigenvalue weighted by atomic mass is 35.5. The highest BCUT2D eigenvalue weighted by Crippen LogP contribution is 2.28. The summed E-state index contributed by atoms with van der Waals surface area (Å²) in [6.07, 6.45) is 6.48. The van der Waals surface area contributed by atoms with Gasteiger partial charge >= 0.3 is 5.97 Å². The topological polar surface area (TPSA) is 51.5 Å². The Bertz CT molecular complexity index is 717. The molecular weight excluding hydrogens is 301 g/mol. The lowest BCUT2D eigenvalue weighted by Gasteiger charge is -2.00. The number of nitrogens with zero attached hydrogens (tertiary/aromatic N) is 1. The molecule has 2 rings (SSSR count). The van der Waals surface area contributed by atoms with Crippen LogP contribution in [0.2, 0.25) is 10.0 Å². The summed E-state index contributed by atoms with van der Waals surface area (Å²) in [5, 5.41) is 10.7. The van der Waals surface area contributed by atoms with Crippen molar-refractivity contribution in [1.82, 2.24) is 4.57 Å².